The third kappa shape index (κ3) is 7.46. The fourth-order valence-electron chi connectivity index (χ4n) is 7.51. The number of esters is 1. The highest BCUT2D eigenvalue weighted by Gasteiger charge is 2.25. The number of hydrogen-bond donors (Lipinski definition) is 0. The molecular weight excluding hydrogens is 691 g/mol. The Balaban J connectivity index is 1.03. The molecule has 0 saturated carbocycles. The van der Waals surface area contributed by atoms with Crippen molar-refractivity contribution in [2.75, 3.05) is 24.7 Å². The molecule has 0 aliphatic carbocycles. The molecule has 282 valence electrons. The Morgan fingerprint density at radius 2 is 0.964 bits per heavy atom. The molecule has 1 aliphatic heterocycles. The number of hydrogen-bond acceptors (Lipinski definition) is 5. The maximum atomic E-state index is 13.6. The maximum absolute atomic E-state index is 13.6. The van der Waals surface area contributed by atoms with Gasteiger partial charge in [-0.3, -0.25) is 0 Å². The Hall–Kier alpha value is -6.07. The van der Waals surface area contributed by atoms with Crippen LogP contribution in [0, 0.1) is 5.92 Å². The largest absolute Gasteiger partial charge is 0.492 e. The fourth-order valence-corrected chi connectivity index (χ4v) is 7.51. The third-order valence-corrected chi connectivity index (χ3v) is 10.8. The standard InChI is InChI=1S/C51H49NO4/c1-50(2,3)38-19-25-41(26-20-38)52(42-27-21-39(22-28-42)51(4,5)6)40-23-15-37(16-24-40)49(53)56-33-34-31-54-45-29-17-35-11-7-9-13-43(35)47(45)48-44-14-10-8-12-36(44)18-30-46(48)55-32-34/h7-30,34H,31-33H2,1-6H3. The van der Waals surface area contributed by atoms with E-state index < -0.39 is 0 Å². The summed E-state index contributed by atoms with van der Waals surface area (Å²) in [5, 5.41) is 4.46. The summed E-state index contributed by atoms with van der Waals surface area (Å²) in [5.74, 6) is 0.983. The Kier molecular flexibility index (Phi) is 9.80. The average molecular weight is 740 g/mol. The lowest BCUT2D eigenvalue weighted by atomic mass is 9.86. The van der Waals surface area contributed by atoms with E-state index in [-0.39, 0.29) is 29.3 Å². The molecule has 5 heteroatoms. The average Bonchev–Trinajstić information content (AvgIpc) is 3.28. The summed E-state index contributed by atoms with van der Waals surface area (Å²) >= 11 is 0. The van der Waals surface area contributed by atoms with Crippen LogP contribution in [-0.4, -0.2) is 25.8 Å². The van der Waals surface area contributed by atoms with Gasteiger partial charge < -0.3 is 19.1 Å². The van der Waals surface area contributed by atoms with Gasteiger partial charge in [-0.05, 0) is 104 Å². The van der Waals surface area contributed by atoms with E-state index >= 15 is 0 Å². The Labute approximate surface area is 330 Å². The van der Waals surface area contributed by atoms with Gasteiger partial charge in [0.2, 0.25) is 0 Å². The highest BCUT2D eigenvalue weighted by molar-refractivity contribution is 6.09. The number of nitrogens with zero attached hydrogens (tertiary/aromatic N) is 1. The lowest BCUT2D eigenvalue weighted by molar-refractivity contribution is 0.0343. The molecule has 1 aliphatic rings. The maximum Gasteiger partial charge on any atom is 0.338 e. The monoisotopic (exact) mass is 739 g/mol. The van der Waals surface area contributed by atoms with E-state index in [2.05, 4.69) is 156 Å². The molecule has 0 fully saturated rings. The SMILES string of the molecule is CC(C)(C)c1ccc(N(c2ccc(C(=O)OCC3COc4ccc5ccccc5c4-c4c(ccc5ccccc45)OC3)cc2)c2ccc(C(C)(C)C)cc2)cc1. The second-order valence-electron chi connectivity index (χ2n) is 16.9. The highest BCUT2D eigenvalue weighted by atomic mass is 16.5. The highest BCUT2D eigenvalue weighted by Crippen LogP contribution is 2.46. The first kappa shape index (κ1) is 36.9. The van der Waals surface area contributed by atoms with Crippen LogP contribution in [0.25, 0.3) is 32.7 Å². The predicted molar refractivity (Wildman–Crippen MR) is 230 cm³/mol. The van der Waals surface area contributed by atoms with Crippen molar-refractivity contribution in [2.24, 2.45) is 5.92 Å². The molecule has 0 radical (unpaired) electrons. The number of fused-ring (bicyclic) bond motifs is 7. The fraction of sp³-hybridized carbons (Fsp3) is 0.235. The Morgan fingerprint density at radius 3 is 1.39 bits per heavy atom. The number of ether oxygens (including phenoxy) is 3. The molecule has 56 heavy (non-hydrogen) atoms. The number of benzene rings is 7. The zero-order valence-electron chi connectivity index (χ0n) is 33.1. The van der Waals surface area contributed by atoms with E-state index in [1.165, 1.54) is 11.1 Å². The van der Waals surface area contributed by atoms with Crippen LogP contribution < -0.4 is 14.4 Å². The van der Waals surface area contributed by atoms with Gasteiger partial charge in [-0.25, -0.2) is 4.79 Å². The van der Waals surface area contributed by atoms with Gasteiger partial charge in [0.15, 0.2) is 0 Å². The number of rotatable bonds is 6. The lowest BCUT2D eigenvalue weighted by Gasteiger charge is -2.28. The van der Waals surface area contributed by atoms with Crippen molar-refractivity contribution in [1.29, 1.82) is 0 Å². The van der Waals surface area contributed by atoms with Crippen molar-refractivity contribution >= 4 is 44.6 Å². The minimum Gasteiger partial charge on any atom is -0.492 e. The van der Waals surface area contributed by atoms with Crippen LogP contribution in [0.4, 0.5) is 17.1 Å². The first-order valence-electron chi connectivity index (χ1n) is 19.5. The van der Waals surface area contributed by atoms with Crippen LogP contribution in [-0.2, 0) is 15.6 Å². The minimum absolute atomic E-state index is 0.0476. The van der Waals surface area contributed by atoms with Gasteiger partial charge >= 0.3 is 5.97 Å². The minimum atomic E-state index is -0.384. The Bertz CT molecular complexity index is 2360. The first-order valence-corrected chi connectivity index (χ1v) is 19.5. The zero-order chi connectivity index (χ0) is 39.0. The van der Waals surface area contributed by atoms with Crippen molar-refractivity contribution in [3.05, 3.63) is 162 Å². The molecular formula is C51H49NO4. The van der Waals surface area contributed by atoms with Crippen LogP contribution >= 0.6 is 0 Å². The van der Waals surface area contributed by atoms with Gasteiger partial charge in [-0.1, -0.05) is 126 Å². The van der Waals surface area contributed by atoms with Crippen LogP contribution in [0.5, 0.6) is 11.5 Å². The molecule has 1 heterocycles. The summed E-state index contributed by atoms with van der Waals surface area (Å²) in [7, 11) is 0. The van der Waals surface area contributed by atoms with Gasteiger partial charge in [0.05, 0.1) is 24.7 Å². The van der Waals surface area contributed by atoms with E-state index in [1.807, 2.05) is 36.4 Å². The predicted octanol–water partition coefficient (Wildman–Crippen LogP) is 13.0. The molecule has 8 rings (SSSR count). The molecule has 7 aromatic rings. The van der Waals surface area contributed by atoms with E-state index in [9.17, 15) is 4.79 Å². The van der Waals surface area contributed by atoms with Crippen molar-refractivity contribution in [1.82, 2.24) is 0 Å². The lowest BCUT2D eigenvalue weighted by Crippen LogP contribution is -2.26. The molecule has 0 atom stereocenters. The van der Waals surface area contributed by atoms with E-state index in [4.69, 9.17) is 14.2 Å². The number of carbonyl (C=O) groups is 1. The molecule has 0 unspecified atom stereocenters. The van der Waals surface area contributed by atoms with Crippen molar-refractivity contribution in [3.63, 3.8) is 0 Å². The molecule has 0 saturated heterocycles. The summed E-state index contributed by atoms with van der Waals surface area (Å²) in [4.78, 5) is 15.8. The smallest absolute Gasteiger partial charge is 0.338 e. The molecule has 5 nitrogen and oxygen atoms in total. The second kappa shape index (κ2) is 14.9. The number of anilines is 3. The van der Waals surface area contributed by atoms with E-state index in [0.29, 0.717) is 18.8 Å². The second-order valence-corrected chi connectivity index (χ2v) is 16.9. The topological polar surface area (TPSA) is 48.0 Å². The molecule has 0 spiro atoms. The van der Waals surface area contributed by atoms with Crippen LogP contribution in [0.15, 0.2) is 146 Å². The number of carbonyl (C=O) groups excluding carboxylic acids is 1. The van der Waals surface area contributed by atoms with Gasteiger partial charge in [-0.15, -0.1) is 0 Å². The van der Waals surface area contributed by atoms with Crippen LogP contribution in [0.2, 0.25) is 0 Å². The summed E-state index contributed by atoms with van der Waals surface area (Å²) < 4.78 is 19.1. The van der Waals surface area contributed by atoms with Gasteiger partial charge in [0.25, 0.3) is 0 Å². The molecule has 0 bridgehead atoms. The Morgan fingerprint density at radius 1 is 0.554 bits per heavy atom. The molecule has 0 amide bonds. The van der Waals surface area contributed by atoms with E-state index in [0.717, 1.165) is 61.2 Å². The van der Waals surface area contributed by atoms with Crippen LogP contribution in [0.1, 0.15) is 63.0 Å². The van der Waals surface area contributed by atoms with Gasteiger partial charge in [0, 0.05) is 28.2 Å². The molecule has 0 aromatic heterocycles. The quantitative estimate of drug-likeness (QED) is 0.159. The van der Waals surface area contributed by atoms with Crippen molar-refractivity contribution < 1.29 is 19.0 Å². The summed E-state index contributed by atoms with van der Waals surface area (Å²) in [6.45, 7) is 14.2. The first-order chi connectivity index (χ1) is 26.9. The van der Waals surface area contributed by atoms with Gasteiger partial charge in [-0.2, -0.15) is 0 Å². The van der Waals surface area contributed by atoms with Gasteiger partial charge in [0.1, 0.15) is 18.1 Å². The summed E-state index contributed by atoms with van der Waals surface area (Å²) in [6.07, 6.45) is 0. The zero-order valence-corrected chi connectivity index (χ0v) is 33.1. The molecule has 7 aromatic carbocycles. The van der Waals surface area contributed by atoms with Crippen molar-refractivity contribution in [2.45, 2.75) is 52.4 Å². The summed E-state index contributed by atoms with van der Waals surface area (Å²) in [6, 6.07) is 50.1. The van der Waals surface area contributed by atoms with E-state index in [1.54, 1.807) is 0 Å². The van der Waals surface area contributed by atoms with Crippen molar-refractivity contribution in [3.8, 4) is 22.6 Å². The normalized spacial score (nSPS) is 13.4. The van der Waals surface area contributed by atoms with Crippen LogP contribution in [0.3, 0.4) is 0 Å². The molecule has 0 N–H and O–H groups in total. The third-order valence-electron chi connectivity index (χ3n) is 10.8. The summed E-state index contributed by atoms with van der Waals surface area (Å²) in [5.41, 5.74) is 8.18.